The number of aromatic nitrogens is 3. The van der Waals surface area contributed by atoms with Gasteiger partial charge in [-0.1, -0.05) is 20.8 Å². The van der Waals surface area contributed by atoms with E-state index in [-0.39, 0.29) is 40.7 Å². The van der Waals surface area contributed by atoms with Gasteiger partial charge in [0.1, 0.15) is 11.5 Å². The number of carboxylic acid groups (broad SMARTS) is 1. The Morgan fingerprint density at radius 1 is 1.40 bits per heavy atom. The zero-order valence-corrected chi connectivity index (χ0v) is 14.5. The van der Waals surface area contributed by atoms with Crippen LogP contribution in [0, 0.1) is 12.3 Å². The number of carboxylic acids is 1. The molecule has 0 aliphatic heterocycles. The van der Waals surface area contributed by atoms with Crippen LogP contribution in [0.4, 0.5) is 5.82 Å². The molecule has 0 spiro atoms. The molecule has 0 bridgehead atoms. The third-order valence-corrected chi connectivity index (χ3v) is 2.64. The van der Waals surface area contributed by atoms with Crippen LogP contribution < -0.4 is 40.0 Å². The SMILES string of the molecule is Cc1cc(NCC(C)(C)C)nc2nc(C(=O)[O-])cn12.[Na+]. The van der Waals surface area contributed by atoms with Crippen LogP contribution in [0.15, 0.2) is 12.3 Å². The van der Waals surface area contributed by atoms with Gasteiger partial charge in [-0.05, 0) is 12.3 Å². The second kappa shape index (κ2) is 6.11. The number of hydrogen-bond donors (Lipinski definition) is 1. The van der Waals surface area contributed by atoms with E-state index < -0.39 is 5.97 Å². The molecule has 0 aliphatic rings. The number of hydrogen-bond acceptors (Lipinski definition) is 5. The van der Waals surface area contributed by atoms with Crippen molar-refractivity contribution in [3.05, 3.63) is 23.7 Å². The van der Waals surface area contributed by atoms with E-state index in [0.717, 1.165) is 12.2 Å². The number of imidazole rings is 1. The van der Waals surface area contributed by atoms with E-state index in [2.05, 4.69) is 36.1 Å². The first kappa shape index (κ1) is 16.9. The molecule has 0 amide bonds. The first-order valence-corrected chi connectivity index (χ1v) is 6.08. The quantitative estimate of drug-likeness (QED) is 0.651. The number of aromatic carboxylic acids is 1. The van der Waals surface area contributed by atoms with Crippen molar-refractivity contribution in [2.24, 2.45) is 5.41 Å². The predicted molar refractivity (Wildman–Crippen MR) is 70.0 cm³/mol. The summed E-state index contributed by atoms with van der Waals surface area (Å²) in [6.07, 6.45) is 1.42. The first-order valence-electron chi connectivity index (χ1n) is 6.08. The zero-order chi connectivity index (χ0) is 14.2. The molecular formula is C13H17N4NaO2. The Kier molecular flexibility index (Phi) is 5.18. The molecule has 0 saturated heterocycles. The molecular weight excluding hydrogens is 267 g/mol. The molecule has 0 atom stereocenters. The van der Waals surface area contributed by atoms with Gasteiger partial charge in [0.25, 0.3) is 0 Å². The third kappa shape index (κ3) is 3.94. The molecule has 20 heavy (non-hydrogen) atoms. The van der Waals surface area contributed by atoms with E-state index in [9.17, 15) is 9.90 Å². The average molecular weight is 284 g/mol. The van der Waals surface area contributed by atoms with Gasteiger partial charge < -0.3 is 15.2 Å². The standard InChI is InChI=1S/C13H18N4O2.Na/c1-8-5-10(14-7-13(2,3)4)16-12-15-9(11(18)19)6-17(8)12;/h5-6H,7H2,1-4H3,(H,18,19)(H,14,15,16);/q;+1/p-1. The number of rotatable bonds is 3. The van der Waals surface area contributed by atoms with E-state index in [1.807, 2.05) is 13.0 Å². The molecule has 102 valence electrons. The topological polar surface area (TPSA) is 82.3 Å². The maximum atomic E-state index is 10.8. The molecule has 1 N–H and O–H groups in total. The predicted octanol–water partition coefficient (Wildman–Crippen LogP) is -2.14. The minimum Gasteiger partial charge on any atom is -0.543 e. The summed E-state index contributed by atoms with van der Waals surface area (Å²) in [4.78, 5) is 19.0. The fourth-order valence-corrected chi connectivity index (χ4v) is 1.66. The summed E-state index contributed by atoms with van der Waals surface area (Å²) in [6.45, 7) is 9.00. The van der Waals surface area contributed by atoms with Gasteiger partial charge in [0.05, 0.1) is 5.97 Å². The molecule has 0 radical (unpaired) electrons. The minimum atomic E-state index is -1.30. The van der Waals surface area contributed by atoms with Crippen LogP contribution in [-0.4, -0.2) is 26.9 Å². The molecule has 0 aliphatic carbocycles. The molecule has 0 fully saturated rings. The number of carbonyl (C=O) groups excluding carboxylic acids is 1. The number of aryl methyl sites for hydroxylation is 1. The Labute approximate surface area is 139 Å². The summed E-state index contributed by atoms with van der Waals surface area (Å²) in [6, 6.07) is 1.86. The maximum absolute atomic E-state index is 10.8. The van der Waals surface area contributed by atoms with E-state index in [0.29, 0.717) is 11.6 Å². The van der Waals surface area contributed by atoms with Crippen LogP contribution in [0.1, 0.15) is 37.0 Å². The van der Waals surface area contributed by atoms with Gasteiger partial charge in [-0.25, -0.2) is 4.98 Å². The van der Waals surface area contributed by atoms with Gasteiger partial charge in [-0.2, -0.15) is 4.98 Å². The first-order chi connectivity index (χ1) is 8.76. The van der Waals surface area contributed by atoms with Gasteiger partial charge >= 0.3 is 29.6 Å². The van der Waals surface area contributed by atoms with E-state index >= 15 is 0 Å². The second-order valence-corrected chi connectivity index (χ2v) is 5.78. The molecule has 2 heterocycles. The van der Waals surface area contributed by atoms with Crippen molar-refractivity contribution < 1.29 is 39.5 Å². The maximum Gasteiger partial charge on any atom is 1.00 e. The normalized spacial score (nSPS) is 11.2. The Morgan fingerprint density at radius 3 is 2.60 bits per heavy atom. The van der Waals surface area contributed by atoms with Crippen LogP contribution in [0.25, 0.3) is 5.78 Å². The van der Waals surface area contributed by atoms with Crippen molar-refractivity contribution >= 4 is 17.6 Å². The summed E-state index contributed by atoms with van der Waals surface area (Å²) in [7, 11) is 0. The van der Waals surface area contributed by atoms with Gasteiger partial charge in [-0.3, -0.25) is 4.40 Å². The smallest absolute Gasteiger partial charge is 0.543 e. The largest absolute Gasteiger partial charge is 1.00 e. The van der Waals surface area contributed by atoms with Crippen molar-refractivity contribution in [3.63, 3.8) is 0 Å². The molecule has 7 heteroatoms. The van der Waals surface area contributed by atoms with Crippen molar-refractivity contribution in [2.75, 3.05) is 11.9 Å². The second-order valence-electron chi connectivity index (χ2n) is 5.78. The molecule has 0 aromatic carbocycles. The Hall–Kier alpha value is -1.11. The summed E-state index contributed by atoms with van der Waals surface area (Å²) in [5, 5.41) is 14.0. The van der Waals surface area contributed by atoms with Crippen molar-refractivity contribution in [1.82, 2.24) is 14.4 Å². The molecule has 2 aromatic rings. The van der Waals surface area contributed by atoms with Gasteiger partial charge in [-0.15, -0.1) is 0 Å². The van der Waals surface area contributed by atoms with Gasteiger partial charge in [0, 0.05) is 24.5 Å². The van der Waals surface area contributed by atoms with Crippen molar-refractivity contribution in [1.29, 1.82) is 0 Å². The number of fused-ring (bicyclic) bond motifs is 1. The van der Waals surface area contributed by atoms with Crippen LogP contribution in [0.5, 0.6) is 0 Å². The molecule has 2 aromatic heterocycles. The third-order valence-electron chi connectivity index (χ3n) is 2.64. The van der Waals surface area contributed by atoms with Crippen molar-refractivity contribution in [2.45, 2.75) is 27.7 Å². The number of nitrogens with zero attached hydrogens (tertiary/aromatic N) is 3. The van der Waals surface area contributed by atoms with Crippen LogP contribution in [0.2, 0.25) is 0 Å². The number of carbonyl (C=O) groups is 1. The zero-order valence-electron chi connectivity index (χ0n) is 12.5. The van der Waals surface area contributed by atoms with E-state index in [1.165, 1.54) is 6.20 Å². The fraction of sp³-hybridized carbons (Fsp3) is 0.462. The summed E-state index contributed by atoms with van der Waals surface area (Å²) in [5.41, 5.74) is 0.887. The monoisotopic (exact) mass is 284 g/mol. The van der Waals surface area contributed by atoms with Crippen LogP contribution in [-0.2, 0) is 0 Å². The molecule has 0 saturated carbocycles. The minimum absolute atomic E-state index is 0. The fourth-order valence-electron chi connectivity index (χ4n) is 1.66. The van der Waals surface area contributed by atoms with Gasteiger partial charge in [0.15, 0.2) is 0 Å². The Balaban J connectivity index is 0.00000200. The molecule has 2 rings (SSSR count). The summed E-state index contributed by atoms with van der Waals surface area (Å²) >= 11 is 0. The molecule has 6 nitrogen and oxygen atoms in total. The van der Waals surface area contributed by atoms with Gasteiger partial charge in [0.2, 0.25) is 5.78 Å². The average Bonchev–Trinajstić information content (AvgIpc) is 2.70. The number of nitrogens with one attached hydrogen (secondary N) is 1. The van der Waals surface area contributed by atoms with Crippen LogP contribution >= 0.6 is 0 Å². The summed E-state index contributed by atoms with van der Waals surface area (Å²) in [5.74, 6) is -0.250. The molecule has 0 unspecified atom stereocenters. The van der Waals surface area contributed by atoms with E-state index in [4.69, 9.17) is 0 Å². The number of anilines is 1. The summed E-state index contributed by atoms with van der Waals surface area (Å²) < 4.78 is 1.63. The Bertz CT molecular complexity index is 631. The Morgan fingerprint density at radius 2 is 2.05 bits per heavy atom. The van der Waals surface area contributed by atoms with Crippen molar-refractivity contribution in [3.8, 4) is 0 Å². The van der Waals surface area contributed by atoms with Crippen LogP contribution in [0.3, 0.4) is 0 Å². The van der Waals surface area contributed by atoms with E-state index in [1.54, 1.807) is 4.40 Å².